The molecule has 3 rings (SSSR count). The van der Waals surface area contributed by atoms with Crippen LogP contribution in [0.15, 0.2) is 30.3 Å². The zero-order chi connectivity index (χ0) is 28.9. The van der Waals surface area contributed by atoms with E-state index in [0.717, 1.165) is 44.2 Å². The van der Waals surface area contributed by atoms with Crippen molar-refractivity contribution < 1.29 is 9.53 Å². The first-order chi connectivity index (χ1) is 18.1. The average molecular weight is 542 g/mol. The first-order valence-corrected chi connectivity index (χ1v) is 15.7. The smallest absolute Gasteiger partial charge is 0.328 e. The normalized spacial score (nSPS) is 23.4. The van der Waals surface area contributed by atoms with Gasteiger partial charge in [0.1, 0.15) is 12.1 Å². The summed E-state index contributed by atoms with van der Waals surface area (Å²) < 4.78 is 6.48. The van der Waals surface area contributed by atoms with Gasteiger partial charge in [0.15, 0.2) is 0 Å². The van der Waals surface area contributed by atoms with Gasteiger partial charge < -0.3 is 15.4 Å². The Morgan fingerprint density at radius 3 is 1.82 bits per heavy atom. The van der Waals surface area contributed by atoms with Crippen LogP contribution in [0.1, 0.15) is 138 Å². The molecule has 2 heterocycles. The van der Waals surface area contributed by atoms with Crippen molar-refractivity contribution in [3.8, 4) is 0 Å². The number of nitrogens with zero attached hydrogens (tertiary/aromatic N) is 1. The fourth-order valence-corrected chi connectivity index (χ4v) is 7.74. The molecule has 1 aromatic carbocycles. The highest BCUT2D eigenvalue weighted by molar-refractivity contribution is 5.78. The SMILES string of the molecule is CCCCCCCCN(C1CC(C)(C)NC(C)(C)C1)[C@H](C(=O)OC1CC(C)(C)NC(C)(C)C1)c1ccccc1. The lowest BCUT2D eigenvalue weighted by atomic mass is 9.78. The number of hydrogen-bond acceptors (Lipinski definition) is 5. The van der Waals surface area contributed by atoms with Gasteiger partial charge in [0.2, 0.25) is 0 Å². The first-order valence-electron chi connectivity index (χ1n) is 15.7. The lowest BCUT2D eigenvalue weighted by Crippen LogP contribution is -2.63. The van der Waals surface area contributed by atoms with Crippen molar-refractivity contribution in [2.24, 2.45) is 0 Å². The Bertz CT molecular complexity index is 876. The number of rotatable bonds is 12. The molecule has 0 bridgehead atoms. The Kier molecular flexibility index (Phi) is 10.7. The maximum atomic E-state index is 14.3. The fraction of sp³-hybridized carbons (Fsp3) is 0.794. The lowest BCUT2D eigenvalue weighted by molar-refractivity contribution is -0.162. The van der Waals surface area contributed by atoms with Gasteiger partial charge in [0, 0.05) is 41.0 Å². The molecule has 0 radical (unpaired) electrons. The maximum absolute atomic E-state index is 14.3. The summed E-state index contributed by atoms with van der Waals surface area (Å²) in [6.07, 6.45) is 11.0. The number of ether oxygens (including phenoxy) is 1. The quantitative estimate of drug-likeness (QED) is 0.211. The number of carbonyl (C=O) groups excluding carboxylic acids is 1. The Labute approximate surface area is 240 Å². The highest BCUT2D eigenvalue weighted by atomic mass is 16.5. The van der Waals surface area contributed by atoms with Crippen LogP contribution in [-0.4, -0.2) is 51.7 Å². The number of benzene rings is 1. The van der Waals surface area contributed by atoms with E-state index >= 15 is 0 Å². The van der Waals surface area contributed by atoms with E-state index < -0.39 is 6.04 Å². The summed E-state index contributed by atoms with van der Waals surface area (Å²) in [5, 5.41) is 7.58. The summed E-state index contributed by atoms with van der Waals surface area (Å²) in [6, 6.07) is 10.3. The molecular formula is C34H59N3O2. The Balaban J connectivity index is 1.91. The molecule has 2 N–H and O–H groups in total. The van der Waals surface area contributed by atoms with Crippen LogP contribution in [0.3, 0.4) is 0 Å². The van der Waals surface area contributed by atoms with Crippen molar-refractivity contribution in [1.29, 1.82) is 0 Å². The van der Waals surface area contributed by atoms with Gasteiger partial charge in [-0.3, -0.25) is 4.90 Å². The van der Waals surface area contributed by atoms with E-state index in [-0.39, 0.29) is 34.2 Å². The third-order valence-corrected chi connectivity index (χ3v) is 8.51. The standard InChI is InChI=1S/C34H59N3O2/c1-10-11-12-13-14-18-21-37(27-22-31(2,3)35-32(4,5)23-27)29(26-19-16-15-17-20-26)30(38)39-28-24-33(6,7)36-34(8,9)25-28/h15-17,19-20,27-29,35-36H,10-14,18,21-25H2,1-9H3/t29-/m0/s1. The predicted octanol–water partition coefficient (Wildman–Crippen LogP) is 7.55. The zero-order valence-corrected chi connectivity index (χ0v) is 26.7. The van der Waals surface area contributed by atoms with E-state index in [1.807, 2.05) is 6.07 Å². The van der Waals surface area contributed by atoms with Crippen LogP contribution in [-0.2, 0) is 9.53 Å². The summed E-state index contributed by atoms with van der Waals surface area (Å²) in [4.78, 5) is 16.8. The number of carbonyl (C=O) groups is 1. The summed E-state index contributed by atoms with van der Waals surface area (Å²) in [5.74, 6) is -0.0835. The minimum Gasteiger partial charge on any atom is -0.461 e. The van der Waals surface area contributed by atoms with Gasteiger partial charge in [-0.2, -0.15) is 0 Å². The fourth-order valence-electron chi connectivity index (χ4n) is 7.74. The summed E-state index contributed by atoms with van der Waals surface area (Å²) in [7, 11) is 0. The number of unbranched alkanes of at least 4 members (excludes halogenated alkanes) is 5. The van der Waals surface area contributed by atoms with Gasteiger partial charge in [-0.05, 0) is 86.8 Å². The van der Waals surface area contributed by atoms with Crippen LogP contribution in [0.5, 0.6) is 0 Å². The maximum Gasteiger partial charge on any atom is 0.328 e. The number of hydrogen-bond donors (Lipinski definition) is 2. The molecule has 0 spiro atoms. The molecule has 1 atom stereocenters. The number of esters is 1. The van der Waals surface area contributed by atoms with Crippen molar-refractivity contribution >= 4 is 5.97 Å². The second-order valence-electron chi connectivity index (χ2n) is 15.1. The summed E-state index contributed by atoms with van der Waals surface area (Å²) >= 11 is 0. The molecule has 222 valence electrons. The topological polar surface area (TPSA) is 53.6 Å². The molecule has 2 aliphatic rings. The van der Waals surface area contributed by atoms with Gasteiger partial charge in [-0.1, -0.05) is 69.4 Å². The average Bonchev–Trinajstić information content (AvgIpc) is 2.76. The van der Waals surface area contributed by atoms with Gasteiger partial charge in [-0.25, -0.2) is 4.79 Å². The second-order valence-corrected chi connectivity index (χ2v) is 15.1. The predicted molar refractivity (Wildman–Crippen MR) is 164 cm³/mol. The second kappa shape index (κ2) is 13.0. The van der Waals surface area contributed by atoms with E-state index in [2.05, 4.69) is 102 Å². The molecule has 2 aliphatic heterocycles. The molecule has 5 heteroatoms. The Morgan fingerprint density at radius 1 is 0.795 bits per heavy atom. The molecule has 5 nitrogen and oxygen atoms in total. The van der Waals surface area contributed by atoms with E-state index in [0.29, 0.717) is 6.04 Å². The van der Waals surface area contributed by atoms with Crippen LogP contribution in [0.25, 0.3) is 0 Å². The van der Waals surface area contributed by atoms with Crippen molar-refractivity contribution in [3.05, 3.63) is 35.9 Å². The third kappa shape index (κ3) is 9.86. The Morgan fingerprint density at radius 2 is 1.28 bits per heavy atom. The van der Waals surface area contributed by atoms with Crippen molar-refractivity contribution in [2.45, 2.75) is 167 Å². The largest absolute Gasteiger partial charge is 0.461 e. The summed E-state index contributed by atoms with van der Waals surface area (Å²) in [6.45, 7) is 21.3. The molecule has 0 aliphatic carbocycles. The lowest BCUT2D eigenvalue weighted by Gasteiger charge is -2.51. The molecular weight excluding hydrogens is 482 g/mol. The highest BCUT2D eigenvalue weighted by Gasteiger charge is 2.45. The molecule has 2 saturated heterocycles. The van der Waals surface area contributed by atoms with Crippen LogP contribution < -0.4 is 10.6 Å². The first kappa shape index (κ1) is 32.1. The van der Waals surface area contributed by atoms with E-state index in [4.69, 9.17) is 4.74 Å². The molecule has 0 saturated carbocycles. The highest BCUT2D eigenvalue weighted by Crippen LogP contribution is 2.38. The Hall–Kier alpha value is -1.43. The van der Waals surface area contributed by atoms with E-state index in [1.54, 1.807) is 0 Å². The third-order valence-electron chi connectivity index (χ3n) is 8.51. The summed E-state index contributed by atoms with van der Waals surface area (Å²) in [5.41, 5.74) is 0.905. The van der Waals surface area contributed by atoms with Gasteiger partial charge in [0.05, 0.1) is 0 Å². The molecule has 39 heavy (non-hydrogen) atoms. The minimum absolute atomic E-state index is 0.0000225. The van der Waals surface area contributed by atoms with Gasteiger partial charge in [0.25, 0.3) is 0 Å². The molecule has 0 amide bonds. The van der Waals surface area contributed by atoms with Crippen molar-refractivity contribution in [3.63, 3.8) is 0 Å². The molecule has 0 aromatic heterocycles. The van der Waals surface area contributed by atoms with Crippen LogP contribution in [0, 0.1) is 0 Å². The van der Waals surface area contributed by atoms with Gasteiger partial charge in [-0.15, -0.1) is 0 Å². The zero-order valence-electron chi connectivity index (χ0n) is 26.7. The van der Waals surface area contributed by atoms with Crippen LogP contribution in [0.4, 0.5) is 0 Å². The van der Waals surface area contributed by atoms with E-state index in [9.17, 15) is 4.79 Å². The molecule has 2 fully saturated rings. The number of piperidine rings is 2. The molecule has 1 aromatic rings. The van der Waals surface area contributed by atoms with Crippen molar-refractivity contribution in [1.82, 2.24) is 15.5 Å². The van der Waals surface area contributed by atoms with Crippen LogP contribution in [0.2, 0.25) is 0 Å². The minimum atomic E-state index is -0.391. The monoisotopic (exact) mass is 541 g/mol. The molecule has 0 unspecified atom stereocenters. The van der Waals surface area contributed by atoms with Crippen molar-refractivity contribution in [2.75, 3.05) is 6.54 Å². The van der Waals surface area contributed by atoms with Crippen LogP contribution >= 0.6 is 0 Å². The number of nitrogens with one attached hydrogen (secondary N) is 2. The van der Waals surface area contributed by atoms with Gasteiger partial charge >= 0.3 is 5.97 Å². The van der Waals surface area contributed by atoms with E-state index in [1.165, 1.54) is 32.1 Å².